The molecule has 3 aromatic carbocycles. The average molecular weight is 582 g/mol. The van der Waals surface area contributed by atoms with Crippen LogP contribution in [0.3, 0.4) is 0 Å². The Kier molecular flexibility index (Phi) is 9.14. The van der Waals surface area contributed by atoms with Crippen LogP contribution in [0.4, 0.5) is 10.5 Å². The quantitative estimate of drug-likeness (QED) is 0.157. The Morgan fingerprint density at radius 2 is 1.51 bits per heavy atom. The number of amides is 2. The highest BCUT2D eigenvalue weighted by Crippen LogP contribution is 2.37. The van der Waals surface area contributed by atoms with Crippen molar-refractivity contribution in [1.29, 1.82) is 0 Å². The number of carbonyl (C=O) groups is 1. The maximum Gasteiger partial charge on any atom is 0.319 e. The zero-order valence-electron chi connectivity index (χ0n) is 21.0. The van der Waals surface area contributed by atoms with E-state index in [0.717, 1.165) is 55.9 Å². The number of aromatic nitrogens is 2. The van der Waals surface area contributed by atoms with Gasteiger partial charge in [0.05, 0.1) is 25.6 Å². The van der Waals surface area contributed by atoms with E-state index in [0.29, 0.717) is 12.3 Å². The van der Waals surface area contributed by atoms with E-state index in [1.807, 2.05) is 60.7 Å². The predicted molar refractivity (Wildman–Crippen MR) is 154 cm³/mol. The first-order valence-corrected chi connectivity index (χ1v) is 13.6. The molecule has 0 atom stereocenters. The molecule has 0 radical (unpaired) electrons. The number of carbonyl (C=O) groups excluding carboxylic acids is 1. The average Bonchev–Trinajstić information content (AvgIpc) is 3.31. The first-order valence-electron chi connectivity index (χ1n) is 11.8. The number of nitrogens with zero attached hydrogens (tertiary/aromatic N) is 2. The van der Waals surface area contributed by atoms with Crippen LogP contribution in [-0.2, 0) is 6.54 Å². The Labute approximate surface area is 229 Å². The normalized spacial score (nSPS) is 10.7. The van der Waals surface area contributed by atoms with Crippen LogP contribution >= 0.6 is 27.7 Å². The number of anilines is 1. The molecular weight excluding hydrogens is 552 g/mol. The minimum atomic E-state index is -0.236. The molecule has 0 saturated heterocycles. The second-order valence-electron chi connectivity index (χ2n) is 8.03. The molecule has 2 N–H and O–H groups in total. The van der Waals surface area contributed by atoms with Gasteiger partial charge in [0.1, 0.15) is 11.5 Å². The molecule has 1 aromatic heterocycles. The van der Waals surface area contributed by atoms with Crippen molar-refractivity contribution in [2.24, 2.45) is 0 Å². The fraction of sp³-hybridized carbons (Fsp3) is 0.214. The van der Waals surface area contributed by atoms with E-state index < -0.39 is 0 Å². The Morgan fingerprint density at radius 3 is 2.08 bits per heavy atom. The highest BCUT2D eigenvalue weighted by molar-refractivity contribution is 9.10. The largest absolute Gasteiger partial charge is 0.497 e. The van der Waals surface area contributed by atoms with Gasteiger partial charge in [0.25, 0.3) is 0 Å². The number of hydrogen-bond donors (Lipinski definition) is 2. The number of hydrogen-bond acceptors (Lipinski definition) is 5. The first kappa shape index (κ1) is 26.6. The molecular formula is C28H29BrN4O3S. The highest BCUT2D eigenvalue weighted by atomic mass is 79.9. The van der Waals surface area contributed by atoms with Crippen LogP contribution < -0.4 is 20.1 Å². The number of imidazole rings is 1. The van der Waals surface area contributed by atoms with Gasteiger partial charge in [0.15, 0.2) is 5.16 Å². The molecule has 0 unspecified atom stereocenters. The Bertz CT molecular complexity index is 1320. The van der Waals surface area contributed by atoms with Gasteiger partial charge in [-0.3, -0.25) is 0 Å². The molecule has 0 fully saturated rings. The number of benzene rings is 3. The molecule has 37 heavy (non-hydrogen) atoms. The van der Waals surface area contributed by atoms with E-state index >= 15 is 0 Å². The van der Waals surface area contributed by atoms with E-state index in [9.17, 15) is 4.79 Å². The number of ether oxygens (including phenoxy) is 2. The SMILES string of the molecule is CCn1c(SCCNC(=O)Nc2ccc(Br)cc2)nc(-c2ccc(OC)cc2)c1-c1ccc(OC)cc1. The third-order valence-corrected chi connectivity index (χ3v) is 7.20. The fourth-order valence-corrected chi connectivity index (χ4v) is 5.03. The van der Waals surface area contributed by atoms with Crippen molar-refractivity contribution in [1.82, 2.24) is 14.9 Å². The van der Waals surface area contributed by atoms with Gasteiger partial charge >= 0.3 is 6.03 Å². The van der Waals surface area contributed by atoms with Crippen molar-refractivity contribution in [3.05, 3.63) is 77.3 Å². The number of methoxy groups -OCH3 is 2. The van der Waals surface area contributed by atoms with Gasteiger partial charge in [-0.15, -0.1) is 0 Å². The van der Waals surface area contributed by atoms with Crippen molar-refractivity contribution >= 4 is 39.4 Å². The van der Waals surface area contributed by atoms with Crippen LogP contribution in [0.5, 0.6) is 11.5 Å². The summed E-state index contributed by atoms with van der Waals surface area (Å²) in [6, 6.07) is 23.2. The number of thioether (sulfide) groups is 1. The molecule has 0 spiro atoms. The predicted octanol–water partition coefficient (Wildman–Crippen LogP) is 6.93. The Balaban J connectivity index is 1.52. The van der Waals surface area contributed by atoms with Crippen molar-refractivity contribution in [2.45, 2.75) is 18.6 Å². The zero-order chi connectivity index (χ0) is 26.2. The Morgan fingerprint density at radius 1 is 0.919 bits per heavy atom. The van der Waals surface area contributed by atoms with Crippen LogP contribution in [0, 0.1) is 0 Å². The molecule has 0 aliphatic rings. The van der Waals surface area contributed by atoms with E-state index in [4.69, 9.17) is 14.5 Å². The van der Waals surface area contributed by atoms with Crippen LogP contribution in [0.25, 0.3) is 22.5 Å². The molecule has 1 heterocycles. The minimum absolute atomic E-state index is 0.236. The van der Waals surface area contributed by atoms with Crippen LogP contribution in [0.1, 0.15) is 6.92 Å². The molecule has 0 bridgehead atoms. The highest BCUT2D eigenvalue weighted by Gasteiger charge is 2.20. The van der Waals surface area contributed by atoms with Gasteiger partial charge in [0.2, 0.25) is 0 Å². The summed E-state index contributed by atoms with van der Waals surface area (Å²) in [6.45, 7) is 3.37. The van der Waals surface area contributed by atoms with Gasteiger partial charge in [-0.05, 0) is 79.7 Å². The lowest BCUT2D eigenvalue weighted by molar-refractivity contribution is 0.252. The van der Waals surface area contributed by atoms with Crippen molar-refractivity contribution < 1.29 is 14.3 Å². The molecule has 192 valence electrons. The zero-order valence-corrected chi connectivity index (χ0v) is 23.4. The molecule has 2 amide bonds. The standard InChI is InChI=1S/C28H29BrN4O3S/c1-4-33-26(20-7-15-24(36-3)16-8-20)25(19-5-13-23(35-2)14-6-19)32-28(33)37-18-17-30-27(34)31-22-11-9-21(29)10-12-22/h5-16H,4,17-18H2,1-3H3,(H2,30,31,34). The summed E-state index contributed by atoms with van der Waals surface area (Å²) in [5.41, 5.74) is 4.74. The van der Waals surface area contributed by atoms with Crippen molar-refractivity contribution in [3.8, 4) is 34.0 Å². The maximum absolute atomic E-state index is 12.3. The summed E-state index contributed by atoms with van der Waals surface area (Å²) in [4.78, 5) is 17.3. The molecule has 0 saturated carbocycles. The van der Waals surface area contributed by atoms with Gasteiger partial charge in [-0.2, -0.15) is 0 Å². The van der Waals surface area contributed by atoms with E-state index in [-0.39, 0.29) is 6.03 Å². The fourth-order valence-electron chi connectivity index (χ4n) is 3.84. The smallest absolute Gasteiger partial charge is 0.319 e. The van der Waals surface area contributed by atoms with Gasteiger partial charge < -0.3 is 24.7 Å². The summed E-state index contributed by atoms with van der Waals surface area (Å²) in [7, 11) is 3.32. The molecule has 4 rings (SSSR count). The van der Waals surface area contributed by atoms with E-state index in [2.05, 4.69) is 50.2 Å². The second kappa shape index (κ2) is 12.7. The maximum atomic E-state index is 12.3. The molecule has 7 nitrogen and oxygen atoms in total. The summed E-state index contributed by atoms with van der Waals surface area (Å²) >= 11 is 5.01. The molecule has 0 aliphatic heterocycles. The number of nitrogens with one attached hydrogen (secondary N) is 2. The number of urea groups is 1. The van der Waals surface area contributed by atoms with Crippen molar-refractivity contribution in [2.75, 3.05) is 31.8 Å². The number of rotatable bonds is 10. The minimum Gasteiger partial charge on any atom is -0.497 e. The van der Waals surface area contributed by atoms with Crippen LogP contribution in [0.15, 0.2) is 82.4 Å². The van der Waals surface area contributed by atoms with Gasteiger partial charge in [-0.1, -0.05) is 27.7 Å². The molecule has 9 heteroatoms. The summed E-state index contributed by atoms with van der Waals surface area (Å²) in [5.74, 6) is 2.28. The van der Waals surface area contributed by atoms with E-state index in [1.54, 1.807) is 26.0 Å². The number of halogens is 1. The monoisotopic (exact) mass is 580 g/mol. The van der Waals surface area contributed by atoms with Gasteiger partial charge in [-0.25, -0.2) is 9.78 Å². The molecule has 4 aromatic rings. The lowest BCUT2D eigenvalue weighted by Gasteiger charge is -2.12. The van der Waals surface area contributed by atoms with Gasteiger partial charge in [0, 0.05) is 40.1 Å². The van der Waals surface area contributed by atoms with Crippen LogP contribution in [0.2, 0.25) is 0 Å². The first-order chi connectivity index (χ1) is 18.0. The van der Waals surface area contributed by atoms with Crippen molar-refractivity contribution in [3.63, 3.8) is 0 Å². The van der Waals surface area contributed by atoms with E-state index in [1.165, 1.54) is 0 Å². The lowest BCUT2D eigenvalue weighted by Crippen LogP contribution is -2.30. The summed E-state index contributed by atoms with van der Waals surface area (Å²) in [6.07, 6.45) is 0. The van der Waals surface area contributed by atoms with Crippen LogP contribution in [-0.4, -0.2) is 42.1 Å². The molecule has 0 aliphatic carbocycles. The lowest BCUT2D eigenvalue weighted by atomic mass is 10.0. The topological polar surface area (TPSA) is 77.4 Å². The third-order valence-electron chi connectivity index (χ3n) is 5.70. The second-order valence-corrected chi connectivity index (χ2v) is 10.0. The third kappa shape index (κ3) is 6.67. The Hall–Kier alpha value is -3.43. The summed E-state index contributed by atoms with van der Waals surface area (Å²) in [5, 5.41) is 6.66. The summed E-state index contributed by atoms with van der Waals surface area (Å²) < 4.78 is 13.9.